The van der Waals surface area contributed by atoms with Gasteiger partial charge in [0.1, 0.15) is 12.4 Å². The highest BCUT2D eigenvalue weighted by molar-refractivity contribution is 5.39. The van der Waals surface area contributed by atoms with Crippen LogP contribution in [-0.4, -0.2) is 38.7 Å². The zero-order chi connectivity index (χ0) is 11.4. The van der Waals surface area contributed by atoms with Crippen molar-refractivity contribution in [1.29, 1.82) is 0 Å². The van der Waals surface area contributed by atoms with Crippen molar-refractivity contribution < 1.29 is 4.74 Å². The molecule has 1 N–H and O–H groups in total. The summed E-state index contributed by atoms with van der Waals surface area (Å²) in [7, 11) is 4.21. The summed E-state index contributed by atoms with van der Waals surface area (Å²) in [6.45, 7) is 2.93. The van der Waals surface area contributed by atoms with Gasteiger partial charge in [0.25, 0.3) is 0 Å². The Morgan fingerprint density at radius 3 is 3.00 bits per heavy atom. The van der Waals surface area contributed by atoms with Crippen molar-refractivity contribution in [2.24, 2.45) is 0 Å². The van der Waals surface area contributed by atoms with Gasteiger partial charge in [-0.05, 0) is 39.7 Å². The Balaban J connectivity index is 1.80. The lowest BCUT2D eigenvalue weighted by atomic mass is 10.1. The number of nitrogens with zero attached hydrogens (tertiary/aromatic N) is 1. The Hall–Kier alpha value is -1.06. The number of nitrogens with one attached hydrogen (secondary N) is 1. The minimum Gasteiger partial charge on any atom is -0.491 e. The number of hydrogen-bond acceptors (Lipinski definition) is 3. The molecule has 0 fully saturated rings. The number of fused-ring (bicyclic) bond motifs is 1. The third kappa shape index (κ3) is 2.74. The Bertz CT molecular complexity index is 338. The molecule has 3 nitrogen and oxygen atoms in total. The number of hydrogen-bond donors (Lipinski definition) is 1. The van der Waals surface area contributed by atoms with E-state index >= 15 is 0 Å². The molecule has 1 aliphatic rings. The fourth-order valence-electron chi connectivity index (χ4n) is 2.00. The normalized spacial score (nSPS) is 18.6. The first-order chi connectivity index (χ1) is 7.77. The lowest BCUT2D eigenvalue weighted by Gasteiger charge is -2.13. The Labute approximate surface area is 97.4 Å². The predicted octanol–water partition coefficient (Wildman–Crippen LogP) is 1.66. The number of para-hydroxylation sites is 1. The predicted molar refractivity (Wildman–Crippen MR) is 65.9 cm³/mol. The van der Waals surface area contributed by atoms with Crippen molar-refractivity contribution in [3.63, 3.8) is 0 Å². The van der Waals surface area contributed by atoms with Crippen LogP contribution in [0.1, 0.15) is 18.0 Å². The zero-order valence-electron chi connectivity index (χ0n) is 10.1. The van der Waals surface area contributed by atoms with Crippen LogP contribution in [-0.2, 0) is 0 Å². The zero-order valence-corrected chi connectivity index (χ0v) is 10.1. The van der Waals surface area contributed by atoms with Crippen molar-refractivity contribution in [2.45, 2.75) is 12.5 Å². The van der Waals surface area contributed by atoms with Gasteiger partial charge in [0.15, 0.2) is 0 Å². The molecule has 0 radical (unpaired) electrons. The molecule has 1 unspecified atom stereocenters. The van der Waals surface area contributed by atoms with Crippen LogP contribution in [0.25, 0.3) is 0 Å². The average Bonchev–Trinajstić information content (AvgIpc) is 2.68. The van der Waals surface area contributed by atoms with Crippen molar-refractivity contribution in [3.05, 3.63) is 29.8 Å². The molecule has 0 saturated heterocycles. The average molecular weight is 220 g/mol. The second-order valence-electron chi connectivity index (χ2n) is 4.51. The topological polar surface area (TPSA) is 24.5 Å². The summed E-state index contributed by atoms with van der Waals surface area (Å²) < 4.78 is 5.62. The Morgan fingerprint density at radius 1 is 1.38 bits per heavy atom. The fourth-order valence-corrected chi connectivity index (χ4v) is 2.00. The quantitative estimate of drug-likeness (QED) is 0.764. The third-order valence-corrected chi connectivity index (χ3v) is 2.87. The molecule has 0 bridgehead atoms. The van der Waals surface area contributed by atoms with Crippen LogP contribution in [0.4, 0.5) is 0 Å². The maximum absolute atomic E-state index is 5.62. The van der Waals surface area contributed by atoms with Crippen LogP contribution in [0.2, 0.25) is 0 Å². The molecule has 0 amide bonds. The van der Waals surface area contributed by atoms with Gasteiger partial charge in [0.05, 0.1) is 6.04 Å². The molecule has 0 spiro atoms. The van der Waals surface area contributed by atoms with Crippen LogP contribution in [0.3, 0.4) is 0 Å². The highest BCUT2D eigenvalue weighted by Gasteiger charge is 2.22. The lowest BCUT2D eigenvalue weighted by Crippen LogP contribution is -2.26. The second kappa shape index (κ2) is 5.32. The van der Waals surface area contributed by atoms with Gasteiger partial charge in [-0.15, -0.1) is 0 Å². The summed E-state index contributed by atoms with van der Waals surface area (Å²) in [6.07, 6.45) is 1.17. The molecule has 1 heterocycles. The van der Waals surface area contributed by atoms with Gasteiger partial charge in [-0.2, -0.15) is 0 Å². The van der Waals surface area contributed by atoms with E-state index in [0.717, 1.165) is 25.4 Å². The summed E-state index contributed by atoms with van der Waals surface area (Å²) in [5, 5.41) is 3.54. The first-order valence-corrected chi connectivity index (χ1v) is 5.87. The molecule has 1 aromatic rings. The maximum Gasteiger partial charge on any atom is 0.124 e. The molecule has 88 valence electrons. The van der Waals surface area contributed by atoms with Gasteiger partial charge >= 0.3 is 0 Å². The Morgan fingerprint density at radius 2 is 2.19 bits per heavy atom. The first kappa shape index (κ1) is 11.4. The minimum atomic E-state index is 0.373. The Kier molecular flexibility index (Phi) is 3.80. The van der Waals surface area contributed by atoms with E-state index in [2.05, 4.69) is 36.4 Å². The van der Waals surface area contributed by atoms with Gasteiger partial charge in [-0.25, -0.2) is 0 Å². The number of ether oxygens (including phenoxy) is 1. The van der Waals surface area contributed by atoms with Gasteiger partial charge in [-0.3, -0.25) is 0 Å². The highest BCUT2D eigenvalue weighted by atomic mass is 16.5. The van der Waals surface area contributed by atoms with Crippen LogP contribution >= 0.6 is 0 Å². The third-order valence-electron chi connectivity index (χ3n) is 2.87. The number of benzene rings is 1. The van der Waals surface area contributed by atoms with Crippen molar-refractivity contribution in [2.75, 3.05) is 33.8 Å². The van der Waals surface area contributed by atoms with Crippen molar-refractivity contribution >= 4 is 0 Å². The largest absolute Gasteiger partial charge is 0.491 e. The van der Waals surface area contributed by atoms with E-state index in [0.29, 0.717) is 6.04 Å². The van der Waals surface area contributed by atoms with Gasteiger partial charge in [0.2, 0.25) is 0 Å². The van der Waals surface area contributed by atoms with Crippen LogP contribution in [0.15, 0.2) is 24.3 Å². The van der Waals surface area contributed by atoms with E-state index in [1.54, 1.807) is 0 Å². The standard InChI is InChI=1S/C13H20N2O/c1-15(2)9-5-8-14-12-10-16-13-7-4-3-6-11(12)13/h3-4,6-7,12,14H,5,8-10H2,1-2H3. The molecule has 3 heteroatoms. The van der Waals surface area contributed by atoms with Crippen LogP contribution in [0, 0.1) is 0 Å². The van der Waals surface area contributed by atoms with E-state index in [9.17, 15) is 0 Å². The van der Waals surface area contributed by atoms with E-state index in [-0.39, 0.29) is 0 Å². The van der Waals surface area contributed by atoms with Crippen molar-refractivity contribution in [3.8, 4) is 5.75 Å². The summed E-state index contributed by atoms with van der Waals surface area (Å²) in [4.78, 5) is 2.21. The van der Waals surface area contributed by atoms with Crippen molar-refractivity contribution in [1.82, 2.24) is 10.2 Å². The fraction of sp³-hybridized carbons (Fsp3) is 0.538. The smallest absolute Gasteiger partial charge is 0.124 e. The van der Waals surface area contributed by atoms with Crippen LogP contribution in [0.5, 0.6) is 5.75 Å². The van der Waals surface area contributed by atoms with Gasteiger partial charge < -0.3 is 15.0 Å². The molecule has 0 aromatic heterocycles. The van der Waals surface area contributed by atoms with Gasteiger partial charge in [0, 0.05) is 5.56 Å². The van der Waals surface area contributed by atoms with E-state index in [4.69, 9.17) is 4.74 Å². The summed E-state index contributed by atoms with van der Waals surface area (Å²) in [5.74, 6) is 1.03. The van der Waals surface area contributed by atoms with E-state index in [1.165, 1.54) is 12.0 Å². The molecule has 1 atom stereocenters. The summed E-state index contributed by atoms with van der Waals surface area (Å²) in [6, 6.07) is 8.65. The maximum atomic E-state index is 5.62. The summed E-state index contributed by atoms with van der Waals surface area (Å²) in [5.41, 5.74) is 1.30. The van der Waals surface area contributed by atoms with Gasteiger partial charge in [-0.1, -0.05) is 18.2 Å². The first-order valence-electron chi connectivity index (χ1n) is 5.87. The molecule has 1 aliphatic heterocycles. The highest BCUT2D eigenvalue weighted by Crippen LogP contribution is 2.31. The van der Waals surface area contributed by atoms with E-state index in [1.807, 2.05) is 12.1 Å². The molecule has 1 aromatic carbocycles. The SMILES string of the molecule is CN(C)CCCNC1COc2ccccc21. The molecular formula is C13H20N2O. The molecule has 0 saturated carbocycles. The molecule has 0 aliphatic carbocycles. The molecule has 16 heavy (non-hydrogen) atoms. The molecular weight excluding hydrogens is 200 g/mol. The van der Waals surface area contributed by atoms with E-state index < -0.39 is 0 Å². The minimum absolute atomic E-state index is 0.373. The number of rotatable bonds is 5. The summed E-state index contributed by atoms with van der Waals surface area (Å²) >= 11 is 0. The second-order valence-corrected chi connectivity index (χ2v) is 4.51. The molecule has 2 rings (SSSR count). The monoisotopic (exact) mass is 220 g/mol. The lowest BCUT2D eigenvalue weighted by molar-refractivity contribution is 0.307. The van der Waals surface area contributed by atoms with Crippen LogP contribution < -0.4 is 10.1 Å².